The molecule has 1 saturated heterocycles. The van der Waals surface area contributed by atoms with E-state index in [1.165, 1.54) is 11.3 Å². The molecule has 1 aliphatic heterocycles. The Morgan fingerprint density at radius 2 is 2.33 bits per heavy atom. The summed E-state index contributed by atoms with van der Waals surface area (Å²) in [5.41, 5.74) is 0. The summed E-state index contributed by atoms with van der Waals surface area (Å²) in [6.07, 6.45) is 0.287. The first-order valence-corrected chi connectivity index (χ1v) is 6.76. The Hall–Kier alpha value is -0.690. The molecule has 0 N–H and O–H groups in total. The van der Waals surface area contributed by atoms with Crippen molar-refractivity contribution in [2.24, 2.45) is 0 Å². The highest BCUT2D eigenvalue weighted by Crippen LogP contribution is 2.41. The number of thiazole rings is 1. The van der Waals surface area contributed by atoms with E-state index >= 15 is 0 Å². The first kappa shape index (κ1) is 13.7. The molecule has 0 radical (unpaired) electrons. The van der Waals surface area contributed by atoms with Crippen molar-refractivity contribution < 1.29 is 19.0 Å². The third kappa shape index (κ3) is 2.83. The van der Waals surface area contributed by atoms with Gasteiger partial charge in [-0.05, 0) is 20.8 Å². The first-order valence-electron chi connectivity index (χ1n) is 5.56. The highest BCUT2D eigenvalue weighted by atomic mass is 35.5. The molecule has 0 saturated carbocycles. The maximum atomic E-state index is 11.8. The van der Waals surface area contributed by atoms with E-state index in [-0.39, 0.29) is 0 Å². The molecule has 1 aromatic rings. The Bertz CT molecular complexity index is 448. The van der Waals surface area contributed by atoms with Gasteiger partial charge >= 0.3 is 5.97 Å². The largest absolute Gasteiger partial charge is 0.464 e. The van der Waals surface area contributed by atoms with Gasteiger partial charge in [0.2, 0.25) is 0 Å². The van der Waals surface area contributed by atoms with Crippen molar-refractivity contribution >= 4 is 28.9 Å². The zero-order valence-electron chi connectivity index (χ0n) is 10.3. The number of halogens is 1. The first-order chi connectivity index (χ1) is 8.43. The fourth-order valence-corrected chi connectivity index (χ4v) is 2.77. The Labute approximate surface area is 114 Å². The van der Waals surface area contributed by atoms with Crippen LogP contribution in [0.4, 0.5) is 0 Å². The summed E-state index contributed by atoms with van der Waals surface area (Å²) < 4.78 is 16.7. The van der Waals surface area contributed by atoms with Crippen LogP contribution in [0.2, 0.25) is 4.47 Å². The Balaban J connectivity index is 2.23. The van der Waals surface area contributed by atoms with Crippen molar-refractivity contribution in [2.75, 3.05) is 6.61 Å². The fraction of sp³-hybridized carbons (Fsp3) is 0.636. The average molecular weight is 292 g/mol. The van der Waals surface area contributed by atoms with Crippen LogP contribution >= 0.6 is 22.9 Å². The lowest BCUT2D eigenvalue weighted by Crippen LogP contribution is -2.29. The molecule has 5 nitrogen and oxygen atoms in total. The maximum Gasteiger partial charge on any atom is 0.338 e. The SMILES string of the molecule is CCOC(=O)[C@@H]1OC(C)(C)O[C@H]1c1cnc(Cl)s1. The molecule has 1 fully saturated rings. The zero-order valence-corrected chi connectivity index (χ0v) is 11.9. The summed E-state index contributed by atoms with van der Waals surface area (Å²) >= 11 is 7.06. The predicted octanol–water partition coefficient (Wildman–Crippen LogP) is 2.55. The molecule has 1 aliphatic rings. The third-order valence-corrected chi connectivity index (χ3v) is 3.57. The van der Waals surface area contributed by atoms with Gasteiger partial charge in [-0.15, -0.1) is 11.3 Å². The minimum atomic E-state index is -0.835. The summed E-state index contributed by atoms with van der Waals surface area (Å²) in [7, 11) is 0. The van der Waals surface area contributed by atoms with Gasteiger partial charge in [0.1, 0.15) is 6.10 Å². The maximum absolute atomic E-state index is 11.8. The third-order valence-electron chi connectivity index (χ3n) is 2.39. The smallest absolute Gasteiger partial charge is 0.338 e. The highest BCUT2D eigenvalue weighted by Gasteiger charge is 2.47. The quantitative estimate of drug-likeness (QED) is 0.801. The van der Waals surface area contributed by atoms with E-state index in [0.29, 0.717) is 11.1 Å². The molecular weight excluding hydrogens is 278 g/mol. The van der Waals surface area contributed by atoms with Crippen LogP contribution < -0.4 is 0 Å². The lowest BCUT2D eigenvalue weighted by molar-refractivity contribution is -0.170. The number of esters is 1. The number of carbonyl (C=O) groups is 1. The summed E-state index contributed by atoms with van der Waals surface area (Å²) in [5.74, 6) is -1.27. The zero-order chi connectivity index (χ0) is 13.3. The van der Waals surface area contributed by atoms with Crippen LogP contribution in [-0.4, -0.2) is 29.5 Å². The van der Waals surface area contributed by atoms with Gasteiger partial charge in [-0.3, -0.25) is 0 Å². The minimum Gasteiger partial charge on any atom is -0.464 e. The second-order valence-corrected chi connectivity index (χ2v) is 5.89. The second-order valence-electron chi connectivity index (χ2n) is 4.24. The number of nitrogens with zero attached hydrogens (tertiary/aromatic N) is 1. The molecule has 100 valence electrons. The van der Waals surface area contributed by atoms with Crippen molar-refractivity contribution in [2.45, 2.75) is 38.8 Å². The van der Waals surface area contributed by atoms with Crippen LogP contribution in [0.15, 0.2) is 6.20 Å². The van der Waals surface area contributed by atoms with Crippen LogP contribution in [0.25, 0.3) is 0 Å². The van der Waals surface area contributed by atoms with E-state index in [9.17, 15) is 4.79 Å². The van der Waals surface area contributed by atoms with Gasteiger partial charge < -0.3 is 14.2 Å². The van der Waals surface area contributed by atoms with Gasteiger partial charge in [0, 0.05) is 6.20 Å². The van der Waals surface area contributed by atoms with E-state index in [0.717, 1.165) is 4.88 Å². The van der Waals surface area contributed by atoms with Crippen molar-refractivity contribution in [1.82, 2.24) is 4.98 Å². The monoisotopic (exact) mass is 291 g/mol. The van der Waals surface area contributed by atoms with Crippen molar-refractivity contribution in [3.05, 3.63) is 15.5 Å². The van der Waals surface area contributed by atoms with E-state index in [2.05, 4.69) is 4.98 Å². The molecule has 7 heteroatoms. The molecule has 1 aromatic heterocycles. The Morgan fingerprint density at radius 3 is 2.89 bits per heavy atom. The fourth-order valence-electron chi connectivity index (χ4n) is 1.76. The molecule has 2 rings (SSSR count). The standard InChI is InChI=1S/C11H14ClNO4S/c1-4-15-9(14)8-7(16-11(2,3)17-8)6-5-13-10(12)18-6/h5,7-8H,4H2,1-3H3/t7-,8+/m0/s1. The van der Waals surface area contributed by atoms with E-state index in [1.54, 1.807) is 27.0 Å². The minimum absolute atomic E-state index is 0.301. The number of hydrogen-bond donors (Lipinski definition) is 0. The number of hydrogen-bond acceptors (Lipinski definition) is 6. The summed E-state index contributed by atoms with van der Waals surface area (Å²) in [5, 5.41) is 0. The number of carbonyl (C=O) groups excluding carboxylic acids is 1. The number of aromatic nitrogens is 1. The van der Waals surface area contributed by atoms with E-state index < -0.39 is 24.0 Å². The molecule has 0 aromatic carbocycles. The van der Waals surface area contributed by atoms with Gasteiger partial charge in [0.15, 0.2) is 16.4 Å². The van der Waals surface area contributed by atoms with Gasteiger partial charge in [0.25, 0.3) is 0 Å². The predicted molar refractivity (Wildman–Crippen MR) is 66.5 cm³/mol. The van der Waals surface area contributed by atoms with E-state index in [1.807, 2.05) is 0 Å². The number of ether oxygens (including phenoxy) is 3. The van der Waals surface area contributed by atoms with Crippen LogP contribution in [-0.2, 0) is 19.0 Å². The van der Waals surface area contributed by atoms with Crippen molar-refractivity contribution in [3.8, 4) is 0 Å². The summed E-state index contributed by atoms with van der Waals surface area (Å²) in [6, 6.07) is 0. The molecule has 0 spiro atoms. The molecule has 18 heavy (non-hydrogen) atoms. The average Bonchev–Trinajstić information content (AvgIpc) is 2.82. The van der Waals surface area contributed by atoms with E-state index in [4.69, 9.17) is 25.8 Å². The lowest BCUT2D eigenvalue weighted by atomic mass is 10.2. The molecular formula is C11H14ClNO4S. The highest BCUT2D eigenvalue weighted by molar-refractivity contribution is 7.15. The normalized spacial score (nSPS) is 26.2. The Morgan fingerprint density at radius 1 is 1.61 bits per heavy atom. The molecule has 0 bridgehead atoms. The molecule has 0 aliphatic carbocycles. The van der Waals surface area contributed by atoms with Crippen LogP contribution in [0, 0.1) is 0 Å². The topological polar surface area (TPSA) is 57.7 Å². The summed E-state index contributed by atoms with van der Waals surface area (Å²) in [6.45, 7) is 5.55. The summed E-state index contributed by atoms with van der Waals surface area (Å²) in [4.78, 5) is 16.5. The van der Waals surface area contributed by atoms with Crippen LogP contribution in [0.1, 0.15) is 31.8 Å². The number of rotatable bonds is 3. The van der Waals surface area contributed by atoms with Crippen molar-refractivity contribution in [3.63, 3.8) is 0 Å². The van der Waals surface area contributed by atoms with Crippen molar-refractivity contribution in [1.29, 1.82) is 0 Å². The molecule has 2 atom stereocenters. The van der Waals surface area contributed by atoms with Crippen LogP contribution in [0.3, 0.4) is 0 Å². The van der Waals surface area contributed by atoms with Gasteiger partial charge in [-0.25, -0.2) is 9.78 Å². The van der Waals surface area contributed by atoms with Crippen LogP contribution in [0.5, 0.6) is 0 Å². The molecule has 0 unspecified atom stereocenters. The molecule has 0 amide bonds. The molecule has 2 heterocycles. The van der Waals surface area contributed by atoms with Gasteiger partial charge in [0.05, 0.1) is 11.5 Å². The van der Waals surface area contributed by atoms with Gasteiger partial charge in [-0.2, -0.15) is 0 Å². The van der Waals surface area contributed by atoms with Gasteiger partial charge in [-0.1, -0.05) is 11.6 Å². The Kier molecular flexibility index (Phi) is 3.91. The lowest BCUT2D eigenvalue weighted by Gasteiger charge is -2.16. The second kappa shape index (κ2) is 5.13.